The second-order valence-corrected chi connectivity index (χ2v) is 4.98. The number of fused-ring (bicyclic) bond motifs is 1. The number of benzene rings is 1. The number of rotatable bonds is 2. The number of aromatic nitrogens is 1. The molecule has 0 N–H and O–H groups in total. The van der Waals surface area contributed by atoms with Gasteiger partial charge in [0.05, 0.1) is 26.8 Å². The van der Waals surface area contributed by atoms with Gasteiger partial charge in [0.25, 0.3) is 5.69 Å². The van der Waals surface area contributed by atoms with E-state index in [4.69, 9.17) is 5.26 Å². The highest BCUT2D eigenvalue weighted by molar-refractivity contribution is 7.07. The second-order valence-electron chi connectivity index (χ2n) is 4.21. The molecule has 0 unspecified atom stereocenters. The molecule has 0 saturated carbocycles. The quantitative estimate of drug-likeness (QED) is 0.603. The highest BCUT2D eigenvalue weighted by Gasteiger charge is 2.26. The third-order valence-electron chi connectivity index (χ3n) is 2.52. The van der Waals surface area contributed by atoms with Gasteiger partial charge in [-0.2, -0.15) is 9.64 Å². The molecule has 0 aliphatic heterocycles. The van der Waals surface area contributed by atoms with Gasteiger partial charge in [0.2, 0.25) is 0 Å². The molecule has 0 atom stereocenters. The van der Waals surface area contributed by atoms with Gasteiger partial charge in [0, 0.05) is 17.5 Å². The highest BCUT2D eigenvalue weighted by atomic mass is 32.1. The third kappa shape index (κ3) is 1.85. The highest BCUT2D eigenvalue weighted by Crippen LogP contribution is 2.34. The molecule has 1 aromatic heterocycles. The van der Waals surface area contributed by atoms with Gasteiger partial charge in [-0.25, -0.2) is 0 Å². The number of nitrogens with zero attached hydrogens (tertiary/aromatic N) is 3. The predicted octanol–water partition coefficient (Wildman–Crippen LogP) is 3.01. The average Bonchev–Trinajstić information content (AvgIpc) is 2.72. The average molecular weight is 247 g/mol. The van der Waals surface area contributed by atoms with Crippen LogP contribution in [-0.2, 0) is 5.41 Å². The van der Waals surface area contributed by atoms with Crippen LogP contribution in [0.4, 0.5) is 5.69 Å². The van der Waals surface area contributed by atoms with Crippen LogP contribution >= 0.6 is 11.5 Å². The van der Waals surface area contributed by atoms with Gasteiger partial charge in [0.15, 0.2) is 0 Å². The van der Waals surface area contributed by atoms with Gasteiger partial charge in [-0.1, -0.05) is 0 Å². The molecule has 0 radical (unpaired) electrons. The fourth-order valence-electron chi connectivity index (χ4n) is 1.54. The maximum atomic E-state index is 10.7. The van der Waals surface area contributed by atoms with Crippen molar-refractivity contribution in [2.24, 2.45) is 0 Å². The summed E-state index contributed by atoms with van der Waals surface area (Å²) < 4.78 is 4.20. The van der Waals surface area contributed by atoms with Crippen molar-refractivity contribution in [2.45, 2.75) is 19.3 Å². The number of non-ortho nitro benzene ring substituents is 1. The smallest absolute Gasteiger partial charge is 0.258 e. The van der Waals surface area contributed by atoms with Crippen molar-refractivity contribution in [1.29, 1.82) is 5.26 Å². The Bertz CT molecular complexity index is 640. The summed E-state index contributed by atoms with van der Waals surface area (Å²) >= 11 is 1.22. The van der Waals surface area contributed by atoms with E-state index >= 15 is 0 Å². The Morgan fingerprint density at radius 1 is 1.53 bits per heavy atom. The Morgan fingerprint density at radius 3 is 2.82 bits per heavy atom. The molecule has 0 aliphatic rings. The molecule has 0 spiro atoms. The van der Waals surface area contributed by atoms with Crippen molar-refractivity contribution < 1.29 is 4.92 Å². The molecule has 5 nitrogen and oxygen atoms in total. The van der Waals surface area contributed by atoms with Crippen LogP contribution in [0.25, 0.3) is 10.9 Å². The minimum atomic E-state index is -0.686. The van der Waals surface area contributed by atoms with Crippen LogP contribution < -0.4 is 0 Å². The molecule has 86 valence electrons. The van der Waals surface area contributed by atoms with Crippen molar-refractivity contribution in [3.63, 3.8) is 0 Å². The van der Waals surface area contributed by atoms with Gasteiger partial charge in [-0.3, -0.25) is 10.1 Å². The Morgan fingerprint density at radius 2 is 2.24 bits per heavy atom. The van der Waals surface area contributed by atoms with Gasteiger partial charge >= 0.3 is 0 Å². The molecule has 17 heavy (non-hydrogen) atoms. The Labute approximate surface area is 102 Å². The molecule has 0 aliphatic carbocycles. The molecular weight excluding hydrogens is 238 g/mol. The molecule has 0 amide bonds. The van der Waals surface area contributed by atoms with Crippen molar-refractivity contribution in [1.82, 2.24) is 4.37 Å². The summed E-state index contributed by atoms with van der Waals surface area (Å²) in [5.41, 5.74) is 0.0286. The van der Waals surface area contributed by atoms with Crippen molar-refractivity contribution in [2.75, 3.05) is 0 Å². The fraction of sp³-hybridized carbons (Fsp3) is 0.273. The lowest BCUT2D eigenvalue weighted by molar-refractivity contribution is -0.384. The Balaban J connectivity index is 2.71. The van der Waals surface area contributed by atoms with E-state index in [1.807, 2.05) is 0 Å². The molecule has 1 heterocycles. The summed E-state index contributed by atoms with van der Waals surface area (Å²) in [6.45, 7) is 3.55. The second kappa shape index (κ2) is 3.79. The van der Waals surface area contributed by atoms with E-state index in [9.17, 15) is 10.1 Å². The first kappa shape index (κ1) is 11.5. The first-order chi connectivity index (χ1) is 7.95. The maximum absolute atomic E-state index is 10.7. The zero-order valence-corrected chi connectivity index (χ0v) is 10.1. The van der Waals surface area contributed by atoms with Crippen molar-refractivity contribution >= 4 is 28.1 Å². The largest absolute Gasteiger partial charge is 0.270 e. The zero-order valence-electron chi connectivity index (χ0n) is 9.30. The molecule has 6 heteroatoms. The number of hydrogen-bond donors (Lipinski definition) is 0. The summed E-state index contributed by atoms with van der Waals surface area (Å²) in [7, 11) is 0. The normalized spacial score (nSPS) is 11.4. The number of nitriles is 1. The summed E-state index contributed by atoms with van der Waals surface area (Å²) in [5, 5.41) is 20.5. The molecule has 2 rings (SSSR count). The monoisotopic (exact) mass is 247 g/mol. The fourth-order valence-corrected chi connectivity index (χ4v) is 2.43. The number of nitro benzene ring substituents is 1. The van der Waals surface area contributed by atoms with Crippen LogP contribution in [0, 0.1) is 21.4 Å². The van der Waals surface area contributed by atoms with E-state index in [0.29, 0.717) is 10.9 Å². The van der Waals surface area contributed by atoms with Crippen molar-refractivity contribution in [3.8, 4) is 6.07 Å². The topological polar surface area (TPSA) is 79.8 Å². The molecule has 1 aromatic carbocycles. The van der Waals surface area contributed by atoms with Gasteiger partial charge < -0.3 is 0 Å². The van der Waals surface area contributed by atoms with E-state index in [2.05, 4.69) is 10.4 Å². The van der Waals surface area contributed by atoms with Crippen molar-refractivity contribution in [3.05, 3.63) is 33.2 Å². The van der Waals surface area contributed by atoms with Crippen LogP contribution in [-0.4, -0.2) is 9.30 Å². The van der Waals surface area contributed by atoms with E-state index in [1.165, 1.54) is 23.7 Å². The lowest BCUT2D eigenvalue weighted by atomic mass is 9.91. The Kier molecular flexibility index (Phi) is 2.56. The molecule has 0 fully saturated rings. The van der Waals surface area contributed by atoms with Crippen LogP contribution in [0.15, 0.2) is 18.2 Å². The summed E-state index contributed by atoms with van der Waals surface area (Å²) in [5.74, 6) is 0. The summed E-state index contributed by atoms with van der Waals surface area (Å²) in [6, 6.07) is 6.70. The summed E-state index contributed by atoms with van der Waals surface area (Å²) in [4.78, 5) is 11.0. The minimum absolute atomic E-state index is 0.0210. The van der Waals surface area contributed by atoms with E-state index in [0.717, 1.165) is 4.88 Å². The SMILES string of the molecule is CC(C)(C#N)c1snc2ccc([N+](=O)[O-])cc12. The van der Waals surface area contributed by atoms with Gasteiger partial charge in [-0.05, 0) is 31.4 Å². The van der Waals surface area contributed by atoms with Gasteiger partial charge in [-0.15, -0.1) is 0 Å². The molecule has 0 saturated heterocycles. The number of hydrogen-bond acceptors (Lipinski definition) is 5. The van der Waals surface area contributed by atoms with Gasteiger partial charge in [0.1, 0.15) is 0 Å². The summed E-state index contributed by atoms with van der Waals surface area (Å²) in [6.07, 6.45) is 0. The standard InChI is InChI=1S/C11H9N3O2S/c1-11(2,6-12)10-8-5-7(14(15)16)3-4-9(8)13-17-10/h3-5H,1-2H3. The molecule has 0 bridgehead atoms. The van der Waals surface area contributed by atoms with Crippen LogP contribution in [0.1, 0.15) is 18.7 Å². The predicted molar refractivity (Wildman–Crippen MR) is 64.9 cm³/mol. The Hall–Kier alpha value is -2.00. The minimum Gasteiger partial charge on any atom is -0.258 e. The van der Waals surface area contributed by atoms with Crippen LogP contribution in [0.3, 0.4) is 0 Å². The van der Waals surface area contributed by atoms with E-state index in [1.54, 1.807) is 19.9 Å². The van der Waals surface area contributed by atoms with Crippen LogP contribution in [0.5, 0.6) is 0 Å². The van der Waals surface area contributed by atoms with Crippen LogP contribution in [0.2, 0.25) is 0 Å². The number of nitro groups is 1. The molecule has 2 aromatic rings. The first-order valence-corrected chi connectivity index (χ1v) is 5.68. The molecular formula is C11H9N3O2S. The lowest BCUT2D eigenvalue weighted by Gasteiger charge is -2.12. The lowest BCUT2D eigenvalue weighted by Crippen LogP contribution is -2.11. The maximum Gasteiger partial charge on any atom is 0.270 e. The third-order valence-corrected chi connectivity index (χ3v) is 3.72. The zero-order chi connectivity index (χ0) is 12.6. The van der Waals surface area contributed by atoms with E-state index < -0.39 is 10.3 Å². The van der Waals surface area contributed by atoms with E-state index in [-0.39, 0.29) is 5.69 Å². The first-order valence-electron chi connectivity index (χ1n) is 4.91.